The van der Waals surface area contributed by atoms with Crippen molar-refractivity contribution >= 4 is 11.6 Å². The number of rotatable bonds is 3. The molecule has 21 heavy (non-hydrogen) atoms. The van der Waals surface area contributed by atoms with Crippen LogP contribution >= 0.6 is 11.6 Å². The topological polar surface area (TPSA) is 64.9 Å². The molecule has 1 heterocycles. The molecule has 2 rings (SSSR count). The number of hydrogen-bond acceptors (Lipinski definition) is 4. The molecular weight excluding hydrogens is 314 g/mol. The molecule has 2 N–H and O–H groups in total. The average molecular weight is 324 g/mol. The van der Waals surface area contributed by atoms with E-state index < -0.39 is 23.4 Å². The van der Waals surface area contributed by atoms with Crippen LogP contribution in [0.5, 0.6) is 0 Å². The monoisotopic (exact) mass is 323 g/mol. The smallest absolute Gasteiger partial charge is 0.337 e. The van der Waals surface area contributed by atoms with Gasteiger partial charge in [-0.1, -0.05) is 22.8 Å². The van der Waals surface area contributed by atoms with Gasteiger partial charge in [-0.05, 0) is 19.1 Å². The number of hydrogen-bond donors (Lipinski definition) is 1. The third-order valence-electron chi connectivity index (χ3n) is 2.90. The van der Waals surface area contributed by atoms with Crippen LogP contribution in [0.1, 0.15) is 24.2 Å². The Morgan fingerprint density at radius 2 is 2.00 bits per heavy atom. The second-order valence-electron chi connectivity index (χ2n) is 4.59. The molecule has 1 aromatic carbocycles. The van der Waals surface area contributed by atoms with E-state index in [0.717, 1.165) is 0 Å². The molecule has 1 unspecified atom stereocenters. The van der Waals surface area contributed by atoms with Gasteiger partial charge in [0.05, 0.1) is 0 Å². The van der Waals surface area contributed by atoms with Crippen LogP contribution in [-0.2, 0) is 12.0 Å². The SMILES string of the molecule is CC(N)(c1nc(Cc2c(F)cccc2Cl)no1)C(F)(F)F. The summed E-state index contributed by atoms with van der Waals surface area (Å²) in [5.74, 6) is -1.55. The van der Waals surface area contributed by atoms with Gasteiger partial charge in [0.1, 0.15) is 5.82 Å². The Kier molecular flexibility index (Phi) is 3.94. The maximum Gasteiger partial charge on any atom is 0.415 e. The molecule has 2 aromatic rings. The summed E-state index contributed by atoms with van der Waals surface area (Å²) in [4.78, 5) is 3.58. The molecule has 0 aliphatic rings. The molecule has 0 saturated carbocycles. The normalized spacial score (nSPS) is 15.0. The fraction of sp³-hybridized carbons (Fsp3) is 0.333. The van der Waals surface area contributed by atoms with E-state index in [-0.39, 0.29) is 22.8 Å². The summed E-state index contributed by atoms with van der Waals surface area (Å²) in [7, 11) is 0. The second-order valence-corrected chi connectivity index (χ2v) is 5.00. The van der Waals surface area contributed by atoms with Crippen LogP contribution in [0.3, 0.4) is 0 Å². The van der Waals surface area contributed by atoms with Crippen LogP contribution in [-0.4, -0.2) is 16.3 Å². The Labute approximate surface area is 121 Å². The number of benzene rings is 1. The highest BCUT2D eigenvalue weighted by atomic mass is 35.5. The van der Waals surface area contributed by atoms with Gasteiger partial charge in [0.25, 0.3) is 5.89 Å². The minimum Gasteiger partial charge on any atom is -0.337 e. The van der Waals surface area contributed by atoms with Crippen molar-refractivity contribution in [3.05, 3.63) is 46.3 Å². The molecule has 0 bridgehead atoms. The van der Waals surface area contributed by atoms with Gasteiger partial charge >= 0.3 is 6.18 Å². The van der Waals surface area contributed by atoms with Gasteiger partial charge in [0.15, 0.2) is 11.4 Å². The van der Waals surface area contributed by atoms with E-state index in [1.807, 2.05) is 0 Å². The van der Waals surface area contributed by atoms with E-state index in [1.54, 1.807) is 0 Å². The minimum atomic E-state index is -4.76. The fourth-order valence-electron chi connectivity index (χ4n) is 1.52. The Bertz CT molecular complexity index is 634. The first-order valence-electron chi connectivity index (χ1n) is 5.74. The molecular formula is C12H10ClF4N3O. The molecule has 0 radical (unpaired) electrons. The lowest BCUT2D eigenvalue weighted by molar-refractivity contribution is -0.190. The maximum atomic E-state index is 13.6. The summed E-state index contributed by atoms with van der Waals surface area (Å²) in [6.45, 7) is 0.709. The molecule has 0 saturated heterocycles. The lowest BCUT2D eigenvalue weighted by Crippen LogP contribution is -2.48. The van der Waals surface area contributed by atoms with E-state index in [9.17, 15) is 17.6 Å². The number of halogens is 5. The molecule has 0 aliphatic heterocycles. The third-order valence-corrected chi connectivity index (χ3v) is 3.25. The summed E-state index contributed by atoms with van der Waals surface area (Å²) in [6.07, 6.45) is -4.96. The van der Waals surface area contributed by atoms with Crippen molar-refractivity contribution in [3.63, 3.8) is 0 Å². The molecule has 9 heteroatoms. The summed E-state index contributed by atoms with van der Waals surface area (Å²) < 4.78 is 56.4. The Morgan fingerprint density at radius 3 is 2.57 bits per heavy atom. The third kappa shape index (κ3) is 3.01. The van der Waals surface area contributed by atoms with E-state index in [4.69, 9.17) is 17.3 Å². The molecule has 1 aromatic heterocycles. The van der Waals surface area contributed by atoms with Crippen LogP contribution in [0.15, 0.2) is 22.7 Å². The number of alkyl halides is 3. The van der Waals surface area contributed by atoms with Crippen LogP contribution in [0.4, 0.5) is 17.6 Å². The minimum absolute atomic E-state index is 0.0669. The van der Waals surface area contributed by atoms with Crippen molar-refractivity contribution in [2.75, 3.05) is 0 Å². The van der Waals surface area contributed by atoms with Crippen LogP contribution in [0.2, 0.25) is 5.02 Å². The van der Waals surface area contributed by atoms with Crippen molar-refractivity contribution in [1.29, 1.82) is 0 Å². The highest BCUT2D eigenvalue weighted by Gasteiger charge is 2.53. The van der Waals surface area contributed by atoms with Gasteiger partial charge in [-0.25, -0.2) is 4.39 Å². The zero-order valence-corrected chi connectivity index (χ0v) is 11.5. The molecule has 0 amide bonds. The fourth-order valence-corrected chi connectivity index (χ4v) is 1.75. The summed E-state index contributed by atoms with van der Waals surface area (Å²) >= 11 is 5.82. The summed E-state index contributed by atoms with van der Waals surface area (Å²) in [5.41, 5.74) is 2.45. The molecule has 0 aliphatic carbocycles. The van der Waals surface area contributed by atoms with Crippen molar-refractivity contribution in [2.24, 2.45) is 5.73 Å². The second kappa shape index (κ2) is 5.27. The lowest BCUT2D eigenvalue weighted by Gasteiger charge is -2.22. The van der Waals surface area contributed by atoms with Crippen LogP contribution in [0.25, 0.3) is 0 Å². The maximum absolute atomic E-state index is 13.6. The zero-order valence-electron chi connectivity index (χ0n) is 10.7. The number of nitrogens with zero attached hydrogens (tertiary/aromatic N) is 2. The predicted octanol–water partition coefficient (Wildman–Crippen LogP) is 3.19. The van der Waals surface area contributed by atoms with E-state index >= 15 is 0 Å². The Morgan fingerprint density at radius 1 is 1.33 bits per heavy atom. The quantitative estimate of drug-likeness (QED) is 0.881. The van der Waals surface area contributed by atoms with Gasteiger partial charge in [0, 0.05) is 17.0 Å². The van der Waals surface area contributed by atoms with E-state index in [1.165, 1.54) is 18.2 Å². The van der Waals surface area contributed by atoms with Crippen LogP contribution in [0, 0.1) is 5.82 Å². The van der Waals surface area contributed by atoms with Gasteiger partial charge < -0.3 is 10.3 Å². The zero-order chi connectivity index (χ0) is 15.8. The number of nitrogens with two attached hydrogens (primary N) is 1. The van der Waals surface area contributed by atoms with Crippen molar-refractivity contribution < 1.29 is 22.1 Å². The van der Waals surface area contributed by atoms with Crippen molar-refractivity contribution in [1.82, 2.24) is 10.1 Å². The summed E-state index contributed by atoms with van der Waals surface area (Å²) in [6, 6.07) is 4.03. The van der Waals surface area contributed by atoms with E-state index in [2.05, 4.69) is 14.7 Å². The highest BCUT2D eigenvalue weighted by molar-refractivity contribution is 6.31. The first-order chi connectivity index (χ1) is 9.63. The number of aromatic nitrogens is 2. The largest absolute Gasteiger partial charge is 0.415 e. The standard InChI is InChI=1S/C12H10ClF4N3O/c1-11(18,12(15,16)17)10-19-9(20-21-10)5-6-7(13)3-2-4-8(6)14/h2-4H,5,18H2,1H3. The summed E-state index contributed by atoms with van der Waals surface area (Å²) in [5, 5.41) is 3.50. The average Bonchev–Trinajstić information content (AvgIpc) is 2.82. The van der Waals surface area contributed by atoms with Gasteiger partial charge in [-0.15, -0.1) is 0 Å². The molecule has 114 valence electrons. The van der Waals surface area contributed by atoms with Crippen molar-refractivity contribution in [3.8, 4) is 0 Å². The first kappa shape index (κ1) is 15.7. The highest BCUT2D eigenvalue weighted by Crippen LogP contribution is 2.35. The van der Waals surface area contributed by atoms with Gasteiger partial charge in [0.2, 0.25) is 0 Å². The molecule has 0 fully saturated rings. The Hall–Kier alpha value is -1.67. The van der Waals surface area contributed by atoms with Crippen LogP contribution < -0.4 is 5.73 Å². The Balaban J connectivity index is 2.30. The van der Waals surface area contributed by atoms with Gasteiger partial charge in [-0.3, -0.25) is 0 Å². The predicted molar refractivity (Wildman–Crippen MR) is 66.1 cm³/mol. The first-order valence-corrected chi connectivity index (χ1v) is 6.12. The molecule has 0 spiro atoms. The lowest BCUT2D eigenvalue weighted by atomic mass is 10.0. The van der Waals surface area contributed by atoms with Crippen molar-refractivity contribution in [2.45, 2.75) is 25.1 Å². The van der Waals surface area contributed by atoms with E-state index in [0.29, 0.717) is 6.92 Å². The molecule has 1 atom stereocenters. The van der Waals surface area contributed by atoms with Gasteiger partial charge in [-0.2, -0.15) is 18.2 Å². The molecule has 4 nitrogen and oxygen atoms in total.